The lowest BCUT2D eigenvalue weighted by Gasteiger charge is -2.38. The molecule has 1 aliphatic carbocycles. The number of nitriles is 1. The van der Waals surface area contributed by atoms with Crippen molar-refractivity contribution in [2.45, 2.75) is 64.0 Å². The molecule has 1 saturated carbocycles. The van der Waals surface area contributed by atoms with Gasteiger partial charge in [0.05, 0.1) is 36.3 Å². The molecule has 9 nitrogen and oxygen atoms in total. The third-order valence-corrected chi connectivity index (χ3v) is 10.0. The molecular weight excluding hydrogens is 580 g/mol. The van der Waals surface area contributed by atoms with Crippen LogP contribution in [-0.4, -0.2) is 66.7 Å². The van der Waals surface area contributed by atoms with Crippen molar-refractivity contribution in [1.29, 1.82) is 5.26 Å². The van der Waals surface area contributed by atoms with Crippen molar-refractivity contribution in [2.24, 2.45) is 11.8 Å². The van der Waals surface area contributed by atoms with E-state index in [1.54, 1.807) is 37.1 Å². The van der Waals surface area contributed by atoms with Crippen LogP contribution in [0.2, 0.25) is 0 Å². The molecule has 3 fully saturated rings. The lowest BCUT2D eigenvalue weighted by atomic mass is 9.75. The highest BCUT2D eigenvalue weighted by atomic mass is 16.5. The van der Waals surface area contributed by atoms with E-state index in [9.17, 15) is 19.6 Å². The van der Waals surface area contributed by atoms with Gasteiger partial charge in [-0.05, 0) is 68.1 Å². The fourth-order valence-corrected chi connectivity index (χ4v) is 7.79. The van der Waals surface area contributed by atoms with Gasteiger partial charge in [0.15, 0.2) is 5.78 Å². The van der Waals surface area contributed by atoms with Gasteiger partial charge in [-0.1, -0.05) is 43.5 Å². The molecule has 1 N–H and O–H groups in total. The van der Waals surface area contributed by atoms with E-state index < -0.39 is 23.9 Å². The smallest absolute Gasteiger partial charge is 0.246 e. The SMILES string of the molecule is COc1ccc(C2C(C(=O)c3cc(C)oc3C)C(c3ccc(C#N)cc3)N(C(=O)C3CCCCC3)C2C(=O)N2CCNCC2)cc1. The number of ketones is 1. The third-order valence-electron chi connectivity index (χ3n) is 10.0. The molecule has 4 atom stereocenters. The number of methoxy groups -OCH3 is 1. The fraction of sp³-hybridized carbons (Fsp3) is 0.459. The van der Waals surface area contributed by atoms with E-state index in [-0.39, 0.29) is 23.5 Å². The summed E-state index contributed by atoms with van der Waals surface area (Å²) in [6.07, 6.45) is 4.52. The van der Waals surface area contributed by atoms with Crippen molar-refractivity contribution in [3.05, 3.63) is 88.4 Å². The number of carbonyl (C=O) groups is 3. The van der Waals surface area contributed by atoms with Crippen molar-refractivity contribution in [3.8, 4) is 11.8 Å². The quantitative estimate of drug-likeness (QED) is 0.355. The van der Waals surface area contributed by atoms with E-state index in [0.717, 1.165) is 43.2 Å². The Hall–Kier alpha value is -4.42. The third kappa shape index (κ3) is 5.94. The lowest BCUT2D eigenvalue weighted by Crippen LogP contribution is -2.55. The lowest BCUT2D eigenvalue weighted by molar-refractivity contribution is -0.149. The summed E-state index contributed by atoms with van der Waals surface area (Å²) in [7, 11) is 1.60. The normalized spacial score (nSPS) is 23.6. The first-order chi connectivity index (χ1) is 22.3. The molecular formula is C37H42N4O5. The van der Waals surface area contributed by atoms with Gasteiger partial charge in [0.2, 0.25) is 11.8 Å². The van der Waals surface area contributed by atoms with E-state index in [4.69, 9.17) is 9.15 Å². The van der Waals surface area contributed by atoms with Crippen molar-refractivity contribution in [2.75, 3.05) is 33.3 Å². The van der Waals surface area contributed by atoms with Gasteiger partial charge in [-0.15, -0.1) is 0 Å². The highest BCUT2D eigenvalue weighted by Crippen LogP contribution is 2.53. The number of hydrogen-bond acceptors (Lipinski definition) is 7. The molecule has 240 valence electrons. The molecule has 2 amide bonds. The van der Waals surface area contributed by atoms with Gasteiger partial charge in [0, 0.05) is 38.0 Å². The number of nitrogens with one attached hydrogen (secondary N) is 1. The average Bonchev–Trinajstić information content (AvgIpc) is 3.64. The van der Waals surface area contributed by atoms with Gasteiger partial charge < -0.3 is 24.3 Å². The Bertz CT molecular complexity index is 1610. The second-order valence-corrected chi connectivity index (χ2v) is 12.8. The Morgan fingerprint density at radius 3 is 2.15 bits per heavy atom. The number of benzene rings is 2. The second-order valence-electron chi connectivity index (χ2n) is 12.8. The molecule has 3 aromatic rings. The fourth-order valence-electron chi connectivity index (χ4n) is 7.79. The number of amides is 2. The monoisotopic (exact) mass is 622 g/mol. The molecule has 2 aromatic carbocycles. The summed E-state index contributed by atoms with van der Waals surface area (Å²) in [5.41, 5.74) is 2.47. The molecule has 6 rings (SSSR count). The van der Waals surface area contributed by atoms with Gasteiger partial charge in [0.25, 0.3) is 0 Å². The summed E-state index contributed by atoms with van der Waals surface area (Å²) >= 11 is 0. The maximum atomic E-state index is 15.0. The number of furan rings is 1. The van der Waals surface area contributed by atoms with Crippen molar-refractivity contribution >= 4 is 17.6 Å². The van der Waals surface area contributed by atoms with Crippen molar-refractivity contribution < 1.29 is 23.5 Å². The van der Waals surface area contributed by atoms with Gasteiger partial charge in [0.1, 0.15) is 23.3 Å². The Morgan fingerprint density at radius 1 is 0.913 bits per heavy atom. The molecule has 46 heavy (non-hydrogen) atoms. The van der Waals surface area contributed by atoms with Crippen molar-refractivity contribution in [3.63, 3.8) is 0 Å². The topological polar surface area (TPSA) is 116 Å². The maximum Gasteiger partial charge on any atom is 0.246 e. The molecule has 4 unspecified atom stereocenters. The first-order valence-corrected chi connectivity index (χ1v) is 16.4. The minimum Gasteiger partial charge on any atom is -0.497 e. The molecule has 2 saturated heterocycles. The number of ether oxygens (including phenoxy) is 1. The van der Waals surface area contributed by atoms with Gasteiger partial charge in [-0.2, -0.15) is 5.26 Å². The highest BCUT2D eigenvalue weighted by molar-refractivity contribution is 6.02. The zero-order valence-corrected chi connectivity index (χ0v) is 26.8. The Labute approximate surface area is 270 Å². The number of Topliss-reactive ketones (excluding diaryl/α,β-unsaturated/α-hetero) is 1. The number of aryl methyl sites for hydroxylation is 2. The summed E-state index contributed by atoms with van der Waals surface area (Å²) < 4.78 is 11.3. The number of piperazine rings is 1. The minimum absolute atomic E-state index is 0.0727. The summed E-state index contributed by atoms with van der Waals surface area (Å²) in [4.78, 5) is 48.4. The molecule has 2 aliphatic heterocycles. The molecule has 9 heteroatoms. The summed E-state index contributed by atoms with van der Waals surface area (Å²) in [5, 5.41) is 12.9. The Morgan fingerprint density at radius 2 is 1.57 bits per heavy atom. The first kappa shape index (κ1) is 31.6. The molecule has 0 bridgehead atoms. The largest absolute Gasteiger partial charge is 0.497 e. The van der Waals surface area contributed by atoms with Crippen molar-refractivity contribution in [1.82, 2.24) is 15.1 Å². The van der Waals surface area contributed by atoms with Gasteiger partial charge in [-0.25, -0.2) is 0 Å². The summed E-state index contributed by atoms with van der Waals surface area (Å²) in [5.74, 6) is -0.232. The number of carbonyl (C=O) groups excluding carboxylic acids is 3. The highest BCUT2D eigenvalue weighted by Gasteiger charge is 2.59. The van der Waals surface area contributed by atoms with E-state index >= 15 is 0 Å². The number of hydrogen-bond donors (Lipinski definition) is 1. The standard InChI is InChI=1S/C37H42N4O5/c1-23-21-30(24(2)46-23)35(42)32-31(26-13-15-29(45-3)16-14-26)34(37(44)40-19-17-39-18-20-40)41(36(43)28-7-5-4-6-8-28)33(32)27-11-9-25(22-38)10-12-27/h9-16,21,28,31-34,39H,4-8,17-20H2,1-3H3. The van der Waals surface area contributed by atoms with E-state index in [1.165, 1.54) is 0 Å². The molecule has 3 aliphatic rings. The first-order valence-electron chi connectivity index (χ1n) is 16.4. The predicted octanol–water partition coefficient (Wildman–Crippen LogP) is 5.32. The Balaban J connectivity index is 1.59. The number of nitrogens with zero attached hydrogens (tertiary/aromatic N) is 3. The van der Waals surface area contributed by atoms with Crippen LogP contribution in [-0.2, 0) is 9.59 Å². The predicted molar refractivity (Wildman–Crippen MR) is 172 cm³/mol. The van der Waals surface area contributed by atoms with Crippen LogP contribution >= 0.6 is 0 Å². The zero-order chi connectivity index (χ0) is 32.4. The molecule has 0 radical (unpaired) electrons. The van der Waals surface area contributed by atoms with E-state index in [1.807, 2.05) is 48.2 Å². The summed E-state index contributed by atoms with van der Waals surface area (Å²) in [6.45, 7) is 5.97. The summed E-state index contributed by atoms with van der Waals surface area (Å²) in [6, 6.07) is 17.0. The second kappa shape index (κ2) is 13.5. The maximum absolute atomic E-state index is 15.0. The Kier molecular flexibility index (Phi) is 9.27. The van der Waals surface area contributed by atoms with E-state index in [0.29, 0.717) is 54.6 Å². The van der Waals surface area contributed by atoms with Crippen LogP contribution in [0.15, 0.2) is 59.0 Å². The van der Waals surface area contributed by atoms with Crippen LogP contribution in [0.5, 0.6) is 5.75 Å². The number of likely N-dealkylation sites (tertiary alicyclic amines) is 1. The van der Waals surface area contributed by atoms with Crippen LogP contribution in [0.25, 0.3) is 0 Å². The molecule has 0 spiro atoms. The number of rotatable bonds is 7. The average molecular weight is 623 g/mol. The van der Waals surface area contributed by atoms with Gasteiger partial charge >= 0.3 is 0 Å². The molecule has 1 aromatic heterocycles. The van der Waals surface area contributed by atoms with Crippen LogP contribution in [0.4, 0.5) is 0 Å². The minimum atomic E-state index is -0.899. The molecule has 3 heterocycles. The van der Waals surface area contributed by atoms with E-state index in [2.05, 4.69) is 11.4 Å². The van der Waals surface area contributed by atoms with Crippen LogP contribution < -0.4 is 10.1 Å². The van der Waals surface area contributed by atoms with Crippen LogP contribution in [0, 0.1) is 37.0 Å². The zero-order valence-electron chi connectivity index (χ0n) is 26.8. The van der Waals surface area contributed by atoms with Crippen LogP contribution in [0.1, 0.15) is 82.6 Å². The van der Waals surface area contributed by atoms with Gasteiger partial charge in [-0.3, -0.25) is 14.4 Å². The van der Waals surface area contributed by atoms with Crippen LogP contribution in [0.3, 0.4) is 0 Å².